The number of phenolic OH excluding ortho intramolecular Hbond substituents is 2. The Balaban J connectivity index is 2.13. The van der Waals surface area contributed by atoms with Gasteiger partial charge in [-0.2, -0.15) is 0 Å². The molecule has 43 heavy (non-hydrogen) atoms. The molecule has 5 heteroatoms. The highest BCUT2D eigenvalue weighted by Gasteiger charge is 2.16. The molecular weight excluding hydrogens is 534 g/mol. The molecule has 0 aliphatic heterocycles. The zero-order valence-corrected chi connectivity index (χ0v) is 28.2. The minimum absolute atomic E-state index is 0.130. The number of amides is 1. The SMILES string of the molecule is CCCCCCCCCCCCCCCC(=O)Nc1cc(O)c(C(=O)CCCCCCCCCCCCCCC)cc1O. The molecular formula is C38H67NO4. The highest BCUT2D eigenvalue weighted by Crippen LogP contribution is 2.32. The van der Waals surface area contributed by atoms with Crippen molar-refractivity contribution >= 4 is 17.4 Å². The van der Waals surface area contributed by atoms with Crippen LogP contribution in [-0.2, 0) is 4.79 Å². The van der Waals surface area contributed by atoms with Crippen LogP contribution in [0.4, 0.5) is 5.69 Å². The van der Waals surface area contributed by atoms with Gasteiger partial charge in [-0.3, -0.25) is 9.59 Å². The standard InChI is InChI=1S/C38H67NO4/c1-3-5-7-9-11-13-15-17-19-21-23-25-27-29-35(40)33-31-37(42)34(32-36(33)41)39-38(43)30-28-26-24-22-20-18-16-14-12-10-8-6-4-2/h31-32,41-42H,3-30H2,1-2H3,(H,39,43). The quantitative estimate of drug-likeness (QED) is 0.0354. The summed E-state index contributed by atoms with van der Waals surface area (Å²) in [4.78, 5) is 25.0. The molecule has 0 aromatic heterocycles. The Morgan fingerprint density at radius 2 is 0.837 bits per heavy atom. The normalized spacial score (nSPS) is 11.2. The Bertz CT molecular complexity index is 837. The van der Waals surface area contributed by atoms with Crippen LogP contribution in [0.3, 0.4) is 0 Å². The number of carbonyl (C=O) groups excluding carboxylic acids is 2. The summed E-state index contributed by atoms with van der Waals surface area (Å²) in [5.41, 5.74) is 0.292. The molecule has 1 rings (SSSR count). The van der Waals surface area contributed by atoms with Crippen LogP contribution in [0.2, 0.25) is 0 Å². The van der Waals surface area contributed by atoms with Crippen molar-refractivity contribution in [3.05, 3.63) is 17.7 Å². The van der Waals surface area contributed by atoms with E-state index in [0.717, 1.165) is 38.5 Å². The highest BCUT2D eigenvalue weighted by atomic mass is 16.3. The van der Waals surface area contributed by atoms with Crippen molar-refractivity contribution in [2.45, 2.75) is 194 Å². The van der Waals surface area contributed by atoms with E-state index < -0.39 is 0 Å². The zero-order valence-electron chi connectivity index (χ0n) is 28.2. The van der Waals surface area contributed by atoms with E-state index in [-0.39, 0.29) is 34.4 Å². The Hall–Kier alpha value is -2.04. The molecule has 0 aliphatic rings. The van der Waals surface area contributed by atoms with E-state index in [0.29, 0.717) is 12.8 Å². The molecule has 0 radical (unpaired) electrons. The molecule has 0 saturated carbocycles. The average molecular weight is 602 g/mol. The lowest BCUT2D eigenvalue weighted by Gasteiger charge is -2.11. The summed E-state index contributed by atoms with van der Waals surface area (Å²) in [6, 6.07) is 2.59. The second-order valence-electron chi connectivity index (χ2n) is 12.8. The van der Waals surface area contributed by atoms with E-state index >= 15 is 0 Å². The molecule has 1 amide bonds. The molecule has 0 spiro atoms. The first-order valence-corrected chi connectivity index (χ1v) is 18.4. The van der Waals surface area contributed by atoms with Crippen LogP contribution in [0.1, 0.15) is 204 Å². The third kappa shape index (κ3) is 21.3. The highest BCUT2D eigenvalue weighted by molar-refractivity contribution is 6.01. The zero-order chi connectivity index (χ0) is 31.4. The van der Waals surface area contributed by atoms with Gasteiger partial charge in [-0.05, 0) is 18.9 Å². The fraction of sp³-hybridized carbons (Fsp3) is 0.789. The van der Waals surface area contributed by atoms with Crippen LogP contribution in [0.15, 0.2) is 12.1 Å². The number of hydrogen-bond donors (Lipinski definition) is 3. The van der Waals surface area contributed by atoms with Crippen LogP contribution in [-0.4, -0.2) is 21.9 Å². The lowest BCUT2D eigenvalue weighted by atomic mass is 10.0. The van der Waals surface area contributed by atoms with Gasteiger partial charge < -0.3 is 15.5 Å². The van der Waals surface area contributed by atoms with Gasteiger partial charge in [0.15, 0.2) is 5.78 Å². The number of aromatic hydroxyl groups is 2. The van der Waals surface area contributed by atoms with Crippen molar-refractivity contribution in [3.8, 4) is 11.5 Å². The number of hydrogen-bond acceptors (Lipinski definition) is 4. The molecule has 0 fully saturated rings. The molecule has 0 unspecified atom stereocenters. The first-order chi connectivity index (χ1) is 21.0. The number of unbranched alkanes of at least 4 members (excludes halogenated alkanes) is 24. The topological polar surface area (TPSA) is 86.6 Å². The summed E-state index contributed by atoms with van der Waals surface area (Å²) in [5.74, 6) is -0.705. The van der Waals surface area contributed by atoms with E-state index in [9.17, 15) is 19.8 Å². The smallest absolute Gasteiger partial charge is 0.224 e. The molecule has 0 atom stereocenters. The Morgan fingerprint density at radius 1 is 0.488 bits per heavy atom. The maximum atomic E-state index is 12.6. The van der Waals surface area contributed by atoms with Gasteiger partial charge in [-0.15, -0.1) is 0 Å². The van der Waals surface area contributed by atoms with Gasteiger partial charge in [0.1, 0.15) is 11.5 Å². The van der Waals surface area contributed by atoms with Crippen LogP contribution in [0.5, 0.6) is 11.5 Å². The van der Waals surface area contributed by atoms with E-state index in [1.807, 2.05) is 0 Å². The maximum Gasteiger partial charge on any atom is 0.224 e. The number of nitrogens with one attached hydrogen (secondary N) is 1. The summed E-state index contributed by atoms with van der Waals surface area (Å²) < 4.78 is 0. The number of carbonyl (C=O) groups is 2. The molecule has 3 N–H and O–H groups in total. The Labute approximate surface area is 265 Å². The van der Waals surface area contributed by atoms with Gasteiger partial charge in [0, 0.05) is 18.9 Å². The summed E-state index contributed by atoms with van der Waals surface area (Å²) in [7, 11) is 0. The first-order valence-electron chi connectivity index (χ1n) is 18.4. The van der Waals surface area contributed by atoms with Gasteiger partial charge in [-0.1, -0.05) is 168 Å². The first kappa shape index (κ1) is 39.0. The third-order valence-corrected chi connectivity index (χ3v) is 8.70. The van der Waals surface area contributed by atoms with Crippen molar-refractivity contribution < 1.29 is 19.8 Å². The Morgan fingerprint density at radius 3 is 1.23 bits per heavy atom. The number of anilines is 1. The van der Waals surface area contributed by atoms with E-state index in [1.54, 1.807) is 0 Å². The number of phenols is 2. The summed E-state index contributed by atoms with van der Waals surface area (Å²) in [6.07, 6.45) is 33.3. The fourth-order valence-electron chi connectivity index (χ4n) is 5.85. The number of ketones is 1. The van der Waals surface area contributed by atoms with Gasteiger partial charge in [0.05, 0.1) is 11.3 Å². The summed E-state index contributed by atoms with van der Waals surface area (Å²) >= 11 is 0. The predicted molar refractivity (Wildman–Crippen MR) is 183 cm³/mol. The van der Waals surface area contributed by atoms with Gasteiger partial charge in [0.2, 0.25) is 5.91 Å². The fourth-order valence-corrected chi connectivity index (χ4v) is 5.85. The van der Waals surface area contributed by atoms with Gasteiger partial charge in [-0.25, -0.2) is 0 Å². The third-order valence-electron chi connectivity index (χ3n) is 8.70. The van der Waals surface area contributed by atoms with Crippen LogP contribution >= 0.6 is 0 Å². The average Bonchev–Trinajstić information content (AvgIpc) is 2.99. The van der Waals surface area contributed by atoms with Crippen molar-refractivity contribution in [1.82, 2.24) is 0 Å². The predicted octanol–water partition coefficient (Wildman–Crippen LogP) is 12.2. The molecule has 0 bridgehead atoms. The van der Waals surface area contributed by atoms with Crippen molar-refractivity contribution in [2.24, 2.45) is 0 Å². The lowest BCUT2D eigenvalue weighted by molar-refractivity contribution is -0.116. The molecule has 0 aliphatic carbocycles. The minimum atomic E-state index is -0.186. The van der Waals surface area contributed by atoms with E-state index in [2.05, 4.69) is 19.2 Å². The molecule has 1 aromatic rings. The number of Topliss-reactive ketones (excluding diaryl/α,β-unsaturated/α-hetero) is 1. The molecule has 0 saturated heterocycles. The monoisotopic (exact) mass is 602 g/mol. The summed E-state index contributed by atoms with van der Waals surface area (Å²) in [5, 5.41) is 23.5. The van der Waals surface area contributed by atoms with Crippen molar-refractivity contribution in [3.63, 3.8) is 0 Å². The van der Waals surface area contributed by atoms with E-state index in [4.69, 9.17) is 0 Å². The lowest BCUT2D eigenvalue weighted by Crippen LogP contribution is -2.11. The molecule has 5 nitrogen and oxygen atoms in total. The van der Waals surface area contributed by atoms with Gasteiger partial charge >= 0.3 is 0 Å². The second-order valence-corrected chi connectivity index (χ2v) is 12.8. The number of rotatable bonds is 30. The van der Waals surface area contributed by atoms with Crippen LogP contribution in [0.25, 0.3) is 0 Å². The van der Waals surface area contributed by atoms with Gasteiger partial charge in [0.25, 0.3) is 0 Å². The molecule has 248 valence electrons. The molecule has 1 aromatic carbocycles. The summed E-state index contributed by atoms with van der Waals surface area (Å²) in [6.45, 7) is 4.51. The maximum absolute atomic E-state index is 12.6. The number of benzene rings is 1. The van der Waals surface area contributed by atoms with Crippen LogP contribution < -0.4 is 5.32 Å². The second kappa shape index (κ2) is 27.5. The van der Waals surface area contributed by atoms with Crippen molar-refractivity contribution in [2.75, 3.05) is 5.32 Å². The Kier molecular flexibility index (Phi) is 24.9. The van der Waals surface area contributed by atoms with Crippen LogP contribution in [0, 0.1) is 0 Å². The largest absolute Gasteiger partial charge is 0.507 e. The minimum Gasteiger partial charge on any atom is -0.507 e. The molecule has 0 heterocycles. The van der Waals surface area contributed by atoms with E-state index in [1.165, 1.54) is 141 Å². The van der Waals surface area contributed by atoms with Crippen molar-refractivity contribution in [1.29, 1.82) is 0 Å².